The van der Waals surface area contributed by atoms with Crippen LogP contribution in [0.25, 0.3) is 0 Å². The predicted octanol–water partition coefficient (Wildman–Crippen LogP) is 4.44. The van der Waals surface area contributed by atoms with Crippen LogP contribution in [0.1, 0.15) is 42.8 Å². The van der Waals surface area contributed by atoms with Crippen LogP contribution < -0.4 is 5.56 Å². The van der Waals surface area contributed by atoms with E-state index in [1.54, 1.807) is 24.5 Å². The highest BCUT2D eigenvalue weighted by Gasteiger charge is 2.34. The lowest BCUT2D eigenvalue weighted by Gasteiger charge is -2.19. The van der Waals surface area contributed by atoms with E-state index in [0.717, 1.165) is 23.4 Å². The van der Waals surface area contributed by atoms with Gasteiger partial charge >= 0.3 is 0 Å². The van der Waals surface area contributed by atoms with E-state index in [0.29, 0.717) is 28.8 Å². The predicted molar refractivity (Wildman–Crippen MR) is 120 cm³/mol. The Morgan fingerprint density at radius 2 is 2.13 bits per heavy atom. The highest BCUT2D eigenvalue weighted by atomic mass is 35.5. The summed E-state index contributed by atoms with van der Waals surface area (Å²) in [5, 5.41) is 7.13. The largest absolute Gasteiger partial charge is 0.467 e. The zero-order chi connectivity index (χ0) is 21.8. The molecule has 1 aliphatic heterocycles. The maximum absolute atomic E-state index is 13.1. The highest BCUT2D eigenvalue weighted by molar-refractivity contribution is 7.99. The number of hydrogen-bond donors (Lipinski definition) is 1. The van der Waals surface area contributed by atoms with E-state index in [4.69, 9.17) is 16.0 Å². The van der Waals surface area contributed by atoms with Crippen molar-refractivity contribution in [1.82, 2.24) is 15.0 Å². The zero-order valence-electron chi connectivity index (χ0n) is 16.9. The van der Waals surface area contributed by atoms with Gasteiger partial charge < -0.3 is 9.40 Å². The molecule has 9 heteroatoms. The summed E-state index contributed by atoms with van der Waals surface area (Å²) in [4.78, 5) is 32.1. The van der Waals surface area contributed by atoms with Crippen LogP contribution in [0.2, 0.25) is 5.02 Å². The molecular formula is C22H21ClN4O3S. The van der Waals surface area contributed by atoms with Crippen molar-refractivity contribution in [2.45, 2.75) is 37.4 Å². The molecule has 4 rings (SSSR count). The summed E-state index contributed by atoms with van der Waals surface area (Å²) in [6, 6.07) is 12.2. The van der Waals surface area contributed by atoms with Gasteiger partial charge in [0, 0.05) is 23.2 Å². The molecule has 0 unspecified atom stereocenters. The number of carbonyl (C=O) groups is 1. The van der Waals surface area contributed by atoms with Gasteiger partial charge in [-0.25, -0.2) is 9.99 Å². The van der Waals surface area contributed by atoms with Crippen molar-refractivity contribution >= 4 is 35.0 Å². The van der Waals surface area contributed by atoms with Crippen LogP contribution >= 0.6 is 23.4 Å². The molecule has 0 saturated carbocycles. The van der Waals surface area contributed by atoms with Gasteiger partial charge in [0.05, 0.1) is 17.7 Å². The van der Waals surface area contributed by atoms with Crippen molar-refractivity contribution < 1.29 is 9.21 Å². The second-order valence-electron chi connectivity index (χ2n) is 7.11. The van der Waals surface area contributed by atoms with Crippen molar-refractivity contribution in [2.24, 2.45) is 5.10 Å². The lowest BCUT2D eigenvalue weighted by molar-refractivity contribution is -0.130. The van der Waals surface area contributed by atoms with Crippen molar-refractivity contribution in [3.63, 3.8) is 0 Å². The fraction of sp³-hybridized carbons (Fsp3) is 0.273. The summed E-state index contributed by atoms with van der Waals surface area (Å²) in [6.45, 7) is 2.03. The smallest absolute Gasteiger partial charge is 0.253 e. The van der Waals surface area contributed by atoms with Crippen LogP contribution in [0.5, 0.6) is 0 Å². The topological polar surface area (TPSA) is 91.6 Å². The number of nitrogens with one attached hydrogen (secondary N) is 1. The van der Waals surface area contributed by atoms with Crippen LogP contribution in [0.15, 0.2) is 68.2 Å². The summed E-state index contributed by atoms with van der Waals surface area (Å²) in [5.74, 6) is 0.564. The number of aromatic nitrogens is 2. The summed E-state index contributed by atoms with van der Waals surface area (Å²) < 4.78 is 5.57. The maximum atomic E-state index is 13.1. The number of rotatable bonds is 7. The van der Waals surface area contributed by atoms with Crippen molar-refractivity contribution in [2.75, 3.05) is 5.75 Å². The van der Waals surface area contributed by atoms with Crippen LogP contribution in [0.3, 0.4) is 0 Å². The minimum atomic E-state index is -0.327. The van der Waals surface area contributed by atoms with E-state index < -0.39 is 0 Å². The Balaban J connectivity index is 1.53. The lowest BCUT2D eigenvalue weighted by Crippen LogP contribution is -2.28. The monoisotopic (exact) mass is 456 g/mol. The third kappa shape index (κ3) is 5.08. The summed E-state index contributed by atoms with van der Waals surface area (Å²) in [5.41, 5.74) is 2.19. The Hall–Kier alpha value is -2.84. The zero-order valence-corrected chi connectivity index (χ0v) is 18.4. The van der Waals surface area contributed by atoms with Gasteiger partial charge in [-0.05, 0) is 36.2 Å². The number of halogens is 1. The number of hydrazone groups is 1. The first-order valence-corrected chi connectivity index (χ1v) is 11.3. The molecule has 0 radical (unpaired) electrons. The van der Waals surface area contributed by atoms with Gasteiger partial charge in [-0.1, -0.05) is 48.8 Å². The lowest BCUT2D eigenvalue weighted by atomic mass is 10.0. The SMILES string of the molecule is CCCc1cc(=O)[nH]c(SCC(=O)N2N=C(c3ccc(Cl)cc3)C[C@H]2c2ccco2)n1. The molecule has 0 saturated heterocycles. The van der Waals surface area contributed by atoms with Gasteiger partial charge in [-0.15, -0.1) is 0 Å². The average molecular weight is 457 g/mol. The van der Waals surface area contributed by atoms with Crippen LogP contribution in [0.4, 0.5) is 0 Å². The van der Waals surface area contributed by atoms with E-state index >= 15 is 0 Å². The number of thioether (sulfide) groups is 1. The van der Waals surface area contributed by atoms with Gasteiger partial charge in [-0.2, -0.15) is 5.10 Å². The first-order valence-electron chi connectivity index (χ1n) is 9.95. The van der Waals surface area contributed by atoms with Crippen LogP contribution in [-0.4, -0.2) is 32.3 Å². The van der Waals surface area contributed by atoms with E-state index in [1.807, 2.05) is 25.1 Å². The van der Waals surface area contributed by atoms with E-state index in [2.05, 4.69) is 15.1 Å². The Kier molecular flexibility index (Phi) is 6.58. The Morgan fingerprint density at radius 1 is 1.32 bits per heavy atom. The van der Waals surface area contributed by atoms with Crippen molar-refractivity contribution in [3.05, 3.63) is 81.1 Å². The quantitative estimate of drug-likeness (QED) is 0.419. The molecule has 3 aromatic rings. The van der Waals surface area contributed by atoms with Crippen molar-refractivity contribution in [3.8, 4) is 0 Å². The molecule has 1 amide bonds. The van der Waals surface area contributed by atoms with E-state index in [9.17, 15) is 9.59 Å². The van der Waals surface area contributed by atoms with Gasteiger partial charge in [0.25, 0.3) is 11.5 Å². The molecule has 1 atom stereocenters. The normalized spacial score (nSPS) is 15.9. The third-order valence-electron chi connectivity index (χ3n) is 4.83. The fourth-order valence-electron chi connectivity index (χ4n) is 3.39. The molecule has 1 N–H and O–H groups in total. The molecule has 1 aromatic carbocycles. The van der Waals surface area contributed by atoms with Gasteiger partial charge in [0.15, 0.2) is 5.16 Å². The Bertz CT molecular complexity index is 1140. The number of aromatic amines is 1. The molecule has 31 heavy (non-hydrogen) atoms. The minimum absolute atomic E-state index is 0.0904. The second kappa shape index (κ2) is 9.53. The molecule has 0 spiro atoms. The highest BCUT2D eigenvalue weighted by Crippen LogP contribution is 2.34. The molecule has 3 heterocycles. The number of amides is 1. The number of furan rings is 1. The fourth-order valence-corrected chi connectivity index (χ4v) is 4.26. The van der Waals surface area contributed by atoms with Crippen LogP contribution in [0, 0.1) is 0 Å². The standard InChI is InChI=1S/C22H21ClN4O3S/c1-2-4-16-11-20(28)25-22(24-16)31-13-21(29)27-18(19-5-3-10-30-19)12-17(26-27)14-6-8-15(23)9-7-14/h3,5-11,18H,2,4,12-13H2,1H3,(H,24,25,28)/t18-/m0/s1. The molecule has 160 valence electrons. The Morgan fingerprint density at radius 3 is 2.84 bits per heavy atom. The molecule has 1 aliphatic rings. The summed E-state index contributed by atoms with van der Waals surface area (Å²) in [6.07, 6.45) is 3.72. The van der Waals surface area contributed by atoms with Crippen molar-refractivity contribution in [1.29, 1.82) is 0 Å². The van der Waals surface area contributed by atoms with Gasteiger partial charge in [0.1, 0.15) is 11.8 Å². The van der Waals surface area contributed by atoms with Crippen LogP contribution in [-0.2, 0) is 11.2 Å². The van der Waals surface area contributed by atoms with E-state index in [-0.39, 0.29) is 23.3 Å². The number of nitrogens with zero attached hydrogens (tertiary/aromatic N) is 3. The second-order valence-corrected chi connectivity index (χ2v) is 8.51. The third-order valence-corrected chi connectivity index (χ3v) is 5.94. The summed E-state index contributed by atoms with van der Waals surface area (Å²) >= 11 is 7.19. The molecule has 7 nitrogen and oxygen atoms in total. The minimum Gasteiger partial charge on any atom is -0.467 e. The molecule has 0 bridgehead atoms. The molecule has 0 fully saturated rings. The number of carbonyl (C=O) groups excluding carboxylic acids is 1. The number of hydrogen-bond acceptors (Lipinski definition) is 6. The molecule has 0 aliphatic carbocycles. The Labute approximate surface area is 188 Å². The number of benzene rings is 1. The number of H-pyrrole nitrogens is 1. The first-order chi connectivity index (χ1) is 15.0. The van der Waals surface area contributed by atoms with Gasteiger partial charge in [-0.3, -0.25) is 9.59 Å². The number of aryl methyl sites for hydroxylation is 1. The molecule has 2 aromatic heterocycles. The van der Waals surface area contributed by atoms with Gasteiger partial charge in [0.2, 0.25) is 0 Å². The first kappa shape index (κ1) is 21.4. The van der Waals surface area contributed by atoms with E-state index in [1.165, 1.54) is 22.8 Å². The summed E-state index contributed by atoms with van der Waals surface area (Å²) in [7, 11) is 0. The average Bonchev–Trinajstić information content (AvgIpc) is 3.42. The maximum Gasteiger partial charge on any atom is 0.253 e. The molecular weight excluding hydrogens is 436 g/mol.